The van der Waals surface area contributed by atoms with Crippen LogP contribution in [0.1, 0.15) is 34.7 Å². The lowest BCUT2D eigenvalue weighted by Gasteiger charge is -2.44. The number of likely N-dealkylation sites (tertiary alicyclic amines) is 1. The molecule has 0 spiro atoms. The summed E-state index contributed by atoms with van der Waals surface area (Å²) in [6, 6.07) is 10.6. The third kappa shape index (κ3) is 4.13. The van der Waals surface area contributed by atoms with E-state index in [1.54, 1.807) is 7.11 Å². The lowest BCUT2D eigenvalue weighted by Crippen LogP contribution is -2.56. The van der Waals surface area contributed by atoms with Gasteiger partial charge in [0, 0.05) is 50.9 Å². The van der Waals surface area contributed by atoms with E-state index in [0.717, 1.165) is 69.2 Å². The summed E-state index contributed by atoms with van der Waals surface area (Å²) in [6.07, 6.45) is 2.19. The van der Waals surface area contributed by atoms with Crippen molar-refractivity contribution in [3.8, 4) is 5.75 Å². The van der Waals surface area contributed by atoms with Crippen LogP contribution in [0.2, 0.25) is 0 Å². The number of para-hydroxylation sites is 2. The molecule has 1 aromatic heterocycles. The number of methoxy groups -OCH3 is 1. The highest BCUT2D eigenvalue weighted by atomic mass is 16.5. The number of furan rings is 1. The van der Waals surface area contributed by atoms with Crippen LogP contribution in [0.3, 0.4) is 0 Å². The van der Waals surface area contributed by atoms with Gasteiger partial charge in [0.15, 0.2) is 5.76 Å². The molecule has 0 radical (unpaired) electrons. The quantitative estimate of drug-likeness (QED) is 0.792. The second kappa shape index (κ2) is 8.49. The Morgan fingerprint density at radius 2 is 1.86 bits per heavy atom. The average molecular weight is 398 g/mol. The van der Waals surface area contributed by atoms with Gasteiger partial charge in [0.05, 0.1) is 12.8 Å². The van der Waals surface area contributed by atoms with Crippen molar-refractivity contribution in [3.05, 3.63) is 47.4 Å². The summed E-state index contributed by atoms with van der Waals surface area (Å²) in [7, 11) is 1.73. The van der Waals surface area contributed by atoms with Gasteiger partial charge in [-0.15, -0.1) is 0 Å². The zero-order chi connectivity index (χ0) is 20.4. The van der Waals surface area contributed by atoms with Crippen LogP contribution < -0.4 is 9.64 Å². The third-order valence-corrected chi connectivity index (χ3v) is 6.18. The van der Waals surface area contributed by atoms with Crippen LogP contribution in [0.5, 0.6) is 5.75 Å². The van der Waals surface area contributed by atoms with Gasteiger partial charge in [0.25, 0.3) is 5.91 Å². The lowest BCUT2D eigenvalue weighted by atomic mass is 10.0. The van der Waals surface area contributed by atoms with Crippen molar-refractivity contribution >= 4 is 11.6 Å². The van der Waals surface area contributed by atoms with Crippen molar-refractivity contribution in [2.75, 3.05) is 51.3 Å². The van der Waals surface area contributed by atoms with Crippen molar-refractivity contribution in [2.24, 2.45) is 0 Å². The Bertz CT molecular complexity index is 855. The molecule has 4 rings (SSSR count). The van der Waals surface area contributed by atoms with E-state index in [0.29, 0.717) is 11.8 Å². The van der Waals surface area contributed by atoms with Crippen LogP contribution in [0, 0.1) is 13.8 Å². The van der Waals surface area contributed by atoms with E-state index >= 15 is 0 Å². The number of carbonyl (C=O) groups is 1. The number of aryl methyl sites for hydroxylation is 2. The lowest BCUT2D eigenvalue weighted by molar-refractivity contribution is 0.0533. The van der Waals surface area contributed by atoms with E-state index in [-0.39, 0.29) is 5.91 Å². The second-order valence-electron chi connectivity index (χ2n) is 8.11. The maximum Gasteiger partial charge on any atom is 0.289 e. The number of benzene rings is 1. The molecule has 156 valence electrons. The molecular formula is C23H31N3O3. The number of piperazine rings is 1. The van der Waals surface area contributed by atoms with Gasteiger partial charge in [-0.05, 0) is 44.9 Å². The minimum absolute atomic E-state index is 0.0351. The molecule has 3 heterocycles. The molecule has 1 aromatic carbocycles. The van der Waals surface area contributed by atoms with Crippen LogP contribution in [0.25, 0.3) is 0 Å². The fourth-order valence-electron chi connectivity index (χ4n) is 4.65. The topological polar surface area (TPSA) is 49.2 Å². The Hall–Kier alpha value is -2.47. The number of nitrogens with zero attached hydrogens (tertiary/aromatic N) is 3. The van der Waals surface area contributed by atoms with Gasteiger partial charge in [-0.25, -0.2) is 0 Å². The first-order chi connectivity index (χ1) is 14.1. The molecule has 0 N–H and O–H groups in total. The SMILES string of the molecule is COc1ccccc1N1CCN(C2CCCN(C(=O)c3oc(C)cc3C)C2)CC1. The maximum absolute atomic E-state index is 13.0. The summed E-state index contributed by atoms with van der Waals surface area (Å²) < 4.78 is 11.2. The van der Waals surface area contributed by atoms with E-state index in [2.05, 4.69) is 21.9 Å². The fraction of sp³-hybridized carbons (Fsp3) is 0.522. The highest BCUT2D eigenvalue weighted by molar-refractivity contribution is 5.93. The van der Waals surface area contributed by atoms with Gasteiger partial charge in [0.1, 0.15) is 11.5 Å². The number of ether oxygens (including phenoxy) is 1. The molecule has 2 fully saturated rings. The summed E-state index contributed by atoms with van der Waals surface area (Å²) >= 11 is 0. The predicted molar refractivity (Wildman–Crippen MR) is 114 cm³/mol. The molecule has 1 atom stereocenters. The third-order valence-electron chi connectivity index (χ3n) is 6.18. The predicted octanol–water partition coefficient (Wildman–Crippen LogP) is 3.33. The summed E-state index contributed by atoms with van der Waals surface area (Å²) in [6.45, 7) is 9.39. The van der Waals surface area contributed by atoms with Gasteiger partial charge in [-0.3, -0.25) is 9.69 Å². The van der Waals surface area contributed by atoms with Crippen molar-refractivity contribution in [1.82, 2.24) is 9.80 Å². The molecule has 0 bridgehead atoms. The van der Waals surface area contributed by atoms with Gasteiger partial charge in [0.2, 0.25) is 0 Å². The van der Waals surface area contributed by atoms with E-state index in [1.807, 2.05) is 36.9 Å². The Balaban J connectivity index is 1.37. The summed E-state index contributed by atoms with van der Waals surface area (Å²) in [4.78, 5) is 19.9. The molecule has 2 saturated heterocycles. The molecule has 0 saturated carbocycles. The van der Waals surface area contributed by atoms with E-state index in [9.17, 15) is 4.79 Å². The van der Waals surface area contributed by atoms with Crippen LogP contribution >= 0.6 is 0 Å². The molecule has 29 heavy (non-hydrogen) atoms. The number of hydrogen-bond donors (Lipinski definition) is 0. The number of hydrogen-bond acceptors (Lipinski definition) is 5. The zero-order valence-corrected chi connectivity index (χ0v) is 17.7. The van der Waals surface area contributed by atoms with Crippen molar-refractivity contribution in [3.63, 3.8) is 0 Å². The highest BCUT2D eigenvalue weighted by Gasteiger charge is 2.32. The summed E-state index contributed by atoms with van der Waals surface area (Å²) in [5, 5.41) is 0. The fourth-order valence-corrected chi connectivity index (χ4v) is 4.65. The van der Waals surface area contributed by atoms with Gasteiger partial charge in [-0.1, -0.05) is 12.1 Å². The normalized spacial score (nSPS) is 20.7. The van der Waals surface area contributed by atoms with E-state index in [1.165, 1.54) is 5.69 Å². The molecule has 2 aromatic rings. The molecule has 1 amide bonds. The Kier molecular flexibility index (Phi) is 5.81. The van der Waals surface area contributed by atoms with Crippen LogP contribution in [0.4, 0.5) is 5.69 Å². The van der Waals surface area contributed by atoms with Crippen molar-refractivity contribution in [2.45, 2.75) is 32.7 Å². The van der Waals surface area contributed by atoms with Gasteiger partial charge >= 0.3 is 0 Å². The van der Waals surface area contributed by atoms with Crippen molar-refractivity contribution < 1.29 is 13.9 Å². The number of amides is 1. The Labute approximate surface area is 173 Å². The maximum atomic E-state index is 13.0. The average Bonchev–Trinajstić information content (AvgIpc) is 3.11. The first-order valence-electron chi connectivity index (χ1n) is 10.5. The van der Waals surface area contributed by atoms with Crippen LogP contribution in [-0.4, -0.2) is 68.1 Å². The highest BCUT2D eigenvalue weighted by Crippen LogP contribution is 2.29. The van der Waals surface area contributed by atoms with Crippen molar-refractivity contribution in [1.29, 1.82) is 0 Å². The molecule has 2 aliphatic heterocycles. The Morgan fingerprint density at radius 1 is 1.10 bits per heavy atom. The minimum atomic E-state index is 0.0351. The smallest absolute Gasteiger partial charge is 0.289 e. The molecule has 6 heteroatoms. The minimum Gasteiger partial charge on any atom is -0.495 e. The van der Waals surface area contributed by atoms with Crippen LogP contribution in [0.15, 0.2) is 34.7 Å². The van der Waals surface area contributed by atoms with Gasteiger partial charge in [-0.2, -0.15) is 0 Å². The van der Waals surface area contributed by atoms with E-state index in [4.69, 9.17) is 9.15 Å². The molecule has 0 aliphatic carbocycles. The molecule has 1 unspecified atom stereocenters. The number of anilines is 1. The zero-order valence-electron chi connectivity index (χ0n) is 17.7. The summed E-state index contributed by atoms with van der Waals surface area (Å²) in [5.41, 5.74) is 2.10. The number of piperidine rings is 1. The number of carbonyl (C=O) groups excluding carboxylic acids is 1. The summed E-state index contributed by atoms with van der Waals surface area (Å²) in [5.74, 6) is 2.27. The first kappa shape index (κ1) is 19.8. The molecular weight excluding hydrogens is 366 g/mol. The van der Waals surface area contributed by atoms with Gasteiger partial charge < -0.3 is 19.0 Å². The monoisotopic (exact) mass is 397 g/mol. The second-order valence-corrected chi connectivity index (χ2v) is 8.11. The van der Waals surface area contributed by atoms with Crippen LogP contribution in [-0.2, 0) is 0 Å². The first-order valence-corrected chi connectivity index (χ1v) is 10.5. The van der Waals surface area contributed by atoms with E-state index < -0.39 is 0 Å². The molecule has 2 aliphatic rings. The largest absolute Gasteiger partial charge is 0.495 e. The Morgan fingerprint density at radius 3 is 2.55 bits per heavy atom. The molecule has 6 nitrogen and oxygen atoms in total. The standard InChI is InChI=1S/C23H31N3O3/c1-17-15-18(2)29-22(17)23(27)26-10-6-7-19(16-26)24-11-13-25(14-12-24)20-8-4-5-9-21(20)28-3/h4-5,8-9,15,19H,6-7,10-14,16H2,1-3H3. The number of rotatable bonds is 4.